The Bertz CT molecular complexity index is 597. The first-order chi connectivity index (χ1) is 10.5. The molecule has 3 N–H and O–H groups in total. The molecule has 0 bridgehead atoms. The first kappa shape index (κ1) is 17.8. The maximum atomic E-state index is 12.0. The summed E-state index contributed by atoms with van der Waals surface area (Å²) in [4.78, 5) is 11.7. The van der Waals surface area contributed by atoms with E-state index in [1.54, 1.807) is 12.1 Å². The molecule has 22 heavy (non-hydrogen) atoms. The molecule has 0 saturated heterocycles. The standard InChI is InChI=1S/C8H7NO2S.C6H6FN.C2H6/c10-8-4-11-7-2-1-5(12)3-6(7)9-8;7-5-1-3-6(8)4-2-5;1-2/h1-3,12H,4H2,(H,9,10);1-4H,8H2;1-2H3. The zero-order valence-corrected chi connectivity index (χ0v) is 13.4. The van der Waals surface area contributed by atoms with Crippen molar-refractivity contribution >= 4 is 29.9 Å². The normalized spacial score (nSPS) is 11.5. The Hall–Kier alpha value is -2.21. The number of anilines is 2. The Kier molecular flexibility index (Phi) is 7.25. The van der Waals surface area contributed by atoms with Crippen LogP contribution in [0.4, 0.5) is 15.8 Å². The van der Waals surface area contributed by atoms with E-state index in [2.05, 4.69) is 17.9 Å². The molecule has 3 rings (SSSR count). The molecule has 0 saturated carbocycles. The van der Waals surface area contributed by atoms with Crippen molar-refractivity contribution in [1.82, 2.24) is 0 Å². The highest BCUT2D eigenvalue weighted by molar-refractivity contribution is 7.80. The lowest BCUT2D eigenvalue weighted by molar-refractivity contribution is -0.118. The lowest BCUT2D eigenvalue weighted by atomic mass is 10.2. The fourth-order valence-corrected chi connectivity index (χ4v) is 1.74. The van der Waals surface area contributed by atoms with E-state index in [0.29, 0.717) is 17.1 Å². The number of halogens is 1. The van der Waals surface area contributed by atoms with Crippen molar-refractivity contribution in [3.05, 3.63) is 48.3 Å². The van der Waals surface area contributed by atoms with Crippen LogP contribution < -0.4 is 15.8 Å². The van der Waals surface area contributed by atoms with E-state index in [1.165, 1.54) is 24.3 Å². The molecule has 0 atom stereocenters. The number of hydrogen-bond donors (Lipinski definition) is 3. The minimum Gasteiger partial charge on any atom is -0.482 e. The van der Waals surface area contributed by atoms with Gasteiger partial charge in [-0.05, 0) is 42.5 Å². The molecule has 6 heteroatoms. The van der Waals surface area contributed by atoms with Crippen LogP contribution in [0.1, 0.15) is 13.8 Å². The third kappa shape index (κ3) is 5.65. The molecule has 0 spiro atoms. The first-order valence-corrected chi connectivity index (χ1v) is 7.26. The number of thiol groups is 1. The molecular formula is C16H19FN2O2S. The van der Waals surface area contributed by atoms with E-state index in [9.17, 15) is 9.18 Å². The molecule has 1 amide bonds. The fraction of sp³-hybridized carbons (Fsp3) is 0.188. The number of hydrogen-bond acceptors (Lipinski definition) is 4. The van der Waals surface area contributed by atoms with Gasteiger partial charge in [0.15, 0.2) is 6.61 Å². The number of benzene rings is 2. The van der Waals surface area contributed by atoms with Crippen molar-refractivity contribution in [2.75, 3.05) is 17.7 Å². The largest absolute Gasteiger partial charge is 0.482 e. The lowest BCUT2D eigenvalue weighted by Gasteiger charge is -2.17. The van der Waals surface area contributed by atoms with Crippen molar-refractivity contribution in [3.63, 3.8) is 0 Å². The van der Waals surface area contributed by atoms with Crippen molar-refractivity contribution in [2.45, 2.75) is 18.7 Å². The number of carbonyl (C=O) groups is 1. The molecule has 2 aromatic rings. The Balaban J connectivity index is 0.000000211. The van der Waals surface area contributed by atoms with Gasteiger partial charge in [-0.2, -0.15) is 0 Å². The summed E-state index contributed by atoms with van der Waals surface area (Å²) in [6.45, 7) is 4.10. The SMILES string of the molecule is CC.Nc1ccc(F)cc1.O=C1COc2ccc(S)cc2N1. The van der Waals surface area contributed by atoms with Crippen molar-refractivity contribution in [1.29, 1.82) is 0 Å². The third-order valence-corrected chi connectivity index (χ3v) is 2.74. The van der Waals surface area contributed by atoms with E-state index < -0.39 is 0 Å². The number of nitrogens with one attached hydrogen (secondary N) is 1. The summed E-state index contributed by atoms with van der Waals surface area (Å²) in [5, 5.41) is 2.69. The molecule has 1 heterocycles. The van der Waals surface area contributed by atoms with Gasteiger partial charge in [-0.15, -0.1) is 12.6 Å². The number of carbonyl (C=O) groups excluding carboxylic acids is 1. The van der Waals surface area contributed by atoms with Crippen LogP contribution in [0.2, 0.25) is 0 Å². The average molecular weight is 322 g/mol. The van der Waals surface area contributed by atoms with Gasteiger partial charge >= 0.3 is 0 Å². The predicted molar refractivity (Wildman–Crippen MR) is 90.0 cm³/mol. The number of rotatable bonds is 0. The van der Waals surface area contributed by atoms with Crippen LogP contribution in [0, 0.1) is 5.82 Å². The van der Waals surface area contributed by atoms with Gasteiger partial charge in [0.1, 0.15) is 11.6 Å². The van der Waals surface area contributed by atoms with Crippen LogP contribution in [0.3, 0.4) is 0 Å². The maximum absolute atomic E-state index is 12.0. The van der Waals surface area contributed by atoms with Gasteiger partial charge in [0.25, 0.3) is 5.91 Å². The minimum atomic E-state index is -0.251. The molecule has 1 aliphatic heterocycles. The molecule has 4 nitrogen and oxygen atoms in total. The van der Waals surface area contributed by atoms with Gasteiger partial charge in [-0.1, -0.05) is 13.8 Å². The van der Waals surface area contributed by atoms with Gasteiger partial charge in [0.2, 0.25) is 0 Å². The second-order valence-corrected chi connectivity index (χ2v) is 4.59. The van der Waals surface area contributed by atoms with E-state index in [4.69, 9.17) is 10.5 Å². The van der Waals surface area contributed by atoms with E-state index >= 15 is 0 Å². The number of nitrogens with two attached hydrogens (primary N) is 1. The maximum Gasteiger partial charge on any atom is 0.262 e. The Morgan fingerprint density at radius 3 is 2.41 bits per heavy atom. The summed E-state index contributed by atoms with van der Waals surface area (Å²) in [5.41, 5.74) is 6.54. The number of fused-ring (bicyclic) bond motifs is 1. The molecular weight excluding hydrogens is 303 g/mol. The molecule has 0 aromatic heterocycles. The smallest absolute Gasteiger partial charge is 0.262 e. The first-order valence-electron chi connectivity index (χ1n) is 6.81. The second kappa shape index (κ2) is 8.94. The number of ether oxygens (including phenoxy) is 1. The van der Waals surface area contributed by atoms with E-state index in [1.807, 2.05) is 19.9 Å². The van der Waals surface area contributed by atoms with Crippen LogP contribution >= 0.6 is 12.6 Å². The summed E-state index contributed by atoms with van der Waals surface area (Å²) in [6.07, 6.45) is 0. The van der Waals surface area contributed by atoms with E-state index in [0.717, 1.165) is 4.90 Å². The molecule has 0 radical (unpaired) electrons. The topological polar surface area (TPSA) is 64.4 Å². The van der Waals surface area contributed by atoms with Crippen molar-refractivity contribution in [3.8, 4) is 5.75 Å². The van der Waals surface area contributed by atoms with E-state index in [-0.39, 0.29) is 18.3 Å². The van der Waals surface area contributed by atoms with Gasteiger partial charge < -0.3 is 15.8 Å². The highest BCUT2D eigenvalue weighted by atomic mass is 32.1. The van der Waals surface area contributed by atoms with Crippen molar-refractivity contribution < 1.29 is 13.9 Å². The van der Waals surface area contributed by atoms with Gasteiger partial charge in [-0.3, -0.25) is 4.79 Å². The fourth-order valence-electron chi connectivity index (χ4n) is 1.53. The average Bonchev–Trinajstić information content (AvgIpc) is 2.52. The molecule has 0 aliphatic carbocycles. The zero-order chi connectivity index (χ0) is 16.5. The van der Waals surface area contributed by atoms with Crippen LogP contribution in [0.15, 0.2) is 47.4 Å². The summed E-state index contributed by atoms with van der Waals surface area (Å²) < 4.78 is 17.2. The van der Waals surface area contributed by atoms with Gasteiger partial charge in [-0.25, -0.2) is 4.39 Å². The third-order valence-electron chi connectivity index (χ3n) is 2.47. The van der Waals surface area contributed by atoms with Crippen molar-refractivity contribution in [2.24, 2.45) is 0 Å². The molecule has 1 aliphatic rings. The monoisotopic (exact) mass is 322 g/mol. The molecule has 0 fully saturated rings. The minimum absolute atomic E-state index is 0.0961. The lowest BCUT2D eigenvalue weighted by Crippen LogP contribution is -2.25. The summed E-state index contributed by atoms with van der Waals surface area (Å²) in [5.74, 6) is 0.327. The summed E-state index contributed by atoms with van der Waals surface area (Å²) in [7, 11) is 0. The van der Waals surface area contributed by atoms with Gasteiger partial charge in [0, 0.05) is 10.6 Å². The second-order valence-electron chi connectivity index (χ2n) is 4.07. The molecule has 118 valence electrons. The highest BCUT2D eigenvalue weighted by Gasteiger charge is 2.14. The quantitative estimate of drug-likeness (QED) is 0.511. The summed E-state index contributed by atoms with van der Waals surface area (Å²) in [6, 6.07) is 11.1. The summed E-state index contributed by atoms with van der Waals surface area (Å²) >= 11 is 4.14. The zero-order valence-electron chi connectivity index (χ0n) is 12.5. The number of nitrogen functional groups attached to an aromatic ring is 1. The highest BCUT2D eigenvalue weighted by Crippen LogP contribution is 2.29. The molecule has 0 unspecified atom stereocenters. The number of amides is 1. The van der Waals surface area contributed by atoms with Crippen LogP contribution in [0.5, 0.6) is 5.75 Å². The van der Waals surface area contributed by atoms with Crippen LogP contribution in [-0.4, -0.2) is 12.5 Å². The Morgan fingerprint density at radius 1 is 1.18 bits per heavy atom. The van der Waals surface area contributed by atoms with Gasteiger partial charge in [0.05, 0.1) is 5.69 Å². The Labute approximate surface area is 134 Å². The van der Waals surface area contributed by atoms with Crippen LogP contribution in [0.25, 0.3) is 0 Å². The predicted octanol–water partition coefficient (Wildman–Crippen LogP) is 3.74. The Morgan fingerprint density at radius 2 is 1.82 bits per heavy atom. The molecule has 2 aromatic carbocycles. The van der Waals surface area contributed by atoms with Crippen LogP contribution in [-0.2, 0) is 4.79 Å².